The summed E-state index contributed by atoms with van der Waals surface area (Å²) >= 11 is 5.85. The molecule has 1 heterocycles. The highest BCUT2D eigenvalue weighted by Gasteiger charge is 2.22. The summed E-state index contributed by atoms with van der Waals surface area (Å²) < 4.78 is 2.01. The van der Waals surface area contributed by atoms with Crippen LogP contribution in [0.4, 0.5) is 0 Å². The Morgan fingerprint density at radius 1 is 1.57 bits per heavy atom. The highest BCUT2D eigenvalue weighted by molar-refractivity contribution is 6.30. The van der Waals surface area contributed by atoms with Crippen molar-refractivity contribution in [3.05, 3.63) is 17.4 Å². The van der Waals surface area contributed by atoms with Gasteiger partial charge in [-0.1, -0.05) is 11.6 Å². The lowest BCUT2D eigenvalue weighted by Crippen LogP contribution is -2.32. The third-order valence-corrected chi connectivity index (χ3v) is 3.19. The Morgan fingerprint density at radius 2 is 2.43 bits per heavy atom. The normalized spacial score (nSPS) is 27.9. The molecule has 1 aliphatic carbocycles. The maximum Gasteiger partial charge on any atom is 0.0785 e. The molecule has 0 aliphatic heterocycles. The third kappa shape index (κ3) is 2.10. The molecule has 0 amide bonds. The molecule has 1 fully saturated rings. The van der Waals surface area contributed by atoms with Gasteiger partial charge in [0.15, 0.2) is 0 Å². The molecule has 0 bridgehead atoms. The minimum Gasteiger partial charge on any atom is -0.317 e. The van der Waals surface area contributed by atoms with Crippen LogP contribution in [0.2, 0.25) is 5.02 Å². The zero-order valence-corrected chi connectivity index (χ0v) is 9.17. The van der Waals surface area contributed by atoms with Gasteiger partial charge in [0.05, 0.1) is 17.3 Å². The second-order valence-electron chi connectivity index (χ2n) is 3.94. The molecular formula is C10H16ClN3. The summed E-state index contributed by atoms with van der Waals surface area (Å²) in [5.41, 5.74) is 0. The Hall–Kier alpha value is -0.540. The van der Waals surface area contributed by atoms with Gasteiger partial charge in [0, 0.05) is 12.2 Å². The van der Waals surface area contributed by atoms with Crippen LogP contribution in [-0.4, -0.2) is 22.9 Å². The maximum atomic E-state index is 5.85. The van der Waals surface area contributed by atoms with E-state index in [9.17, 15) is 0 Å². The molecule has 1 aromatic heterocycles. The highest BCUT2D eigenvalue weighted by Crippen LogP contribution is 2.28. The van der Waals surface area contributed by atoms with E-state index >= 15 is 0 Å². The van der Waals surface area contributed by atoms with Crippen LogP contribution in [-0.2, 0) is 0 Å². The summed E-state index contributed by atoms with van der Waals surface area (Å²) in [6.07, 6.45) is 8.56. The minimum absolute atomic E-state index is 0.522. The van der Waals surface area contributed by atoms with E-state index in [4.69, 9.17) is 11.6 Å². The molecule has 2 rings (SSSR count). The number of aromatic nitrogens is 2. The summed E-state index contributed by atoms with van der Waals surface area (Å²) in [6, 6.07) is 1.16. The summed E-state index contributed by atoms with van der Waals surface area (Å²) in [6.45, 7) is 0. The Morgan fingerprint density at radius 3 is 3.07 bits per heavy atom. The monoisotopic (exact) mass is 213 g/mol. The molecule has 14 heavy (non-hydrogen) atoms. The van der Waals surface area contributed by atoms with E-state index in [1.807, 2.05) is 17.9 Å². The van der Waals surface area contributed by atoms with E-state index in [0.717, 1.165) is 11.4 Å². The average Bonchev–Trinajstić information content (AvgIpc) is 2.65. The van der Waals surface area contributed by atoms with E-state index in [0.29, 0.717) is 12.1 Å². The molecule has 78 valence electrons. The first-order valence-electron chi connectivity index (χ1n) is 5.16. The topological polar surface area (TPSA) is 29.9 Å². The van der Waals surface area contributed by atoms with Crippen molar-refractivity contribution in [2.75, 3.05) is 7.05 Å². The second kappa shape index (κ2) is 4.32. The number of hydrogen-bond acceptors (Lipinski definition) is 2. The first-order valence-corrected chi connectivity index (χ1v) is 5.54. The van der Waals surface area contributed by atoms with Crippen LogP contribution in [0.5, 0.6) is 0 Å². The summed E-state index contributed by atoms with van der Waals surface area (Å²) in [4.78, 5) is 0. The summed E-state index contributed by atoms with van der Waals surface area (Å²) in [5.74, 6) is 0. The highest BCUT2D eigenvalue weighted by atomic mass is 35.5. The lowest BCUT2D eigenvalue weighted by Gasteiger charge is -2.28. The fourth-order valence-electron chi connectivity index (χ4n) is 2.18. The van der Waals surface area contributed by atoms with Crippen molar-refractivity contribution < 1.29 is 0 Å². The van der Waals surface area contributed by atoms with Gasteiger partial charge in [0.1, 0.15) is 0 Å². The quantitative estimate of drug-likeness (QED) is 0.817. The van der Waals surface area contributed by atoms with E-state index < -0.39 is 0 Å². The van der Waals surface area contributed by atoms with E-state index in [1.165, 1.54) is 19.3 Å². The van der Waals surface area contributed by atoms with Crippen molar-refractivity contribution in [3.8, 4) is 0 Å². The van der Waals surface area contributed by atoms with Gasteiger partial charge in [-0.25, -0.2) is 0 Å². The lowest BCUT2D eigenvalue weighted by atomic mass is 9.91. The van der Waals surface area contributed by atoms with Gasteiger partial charge in [0.2, 0.25) is 0 Å². The number of rotatable bonds is 2. The van der Waals surface area contributed by atoms with Crippen molar-refractivity contribution in [2.45, 2.75) is 37.8 Å². The smallest absolute Gasteiger partial charge is 0.0785 e. The average molecular weight is 214 g/mol. The molecule has 3 nitrogen and oxygen atoms in total. The molecule has 0 radical (unpaired) electrons. The number of hydrogen-bond donors (Lipinski definition) is 1. The Bertz CT molecular complexity index is 297. The fourth-order valence-corrected chi connectivity index (χ4v) is 2.32. The van der Waals surface area contributed by atoms with Gasteiger partial charge in [-0.3, -0.25) is 4.68 Å². The van der Waals surface area contributed by atoms with Crippen LogP contribution < -0.4 is 5.32 Å². The zero-order chi connectivity index (χ0) is 9.97. The molecule has 0 saturated heterocycles. The molecule has 2 atom stereocenters. The number of nitrogens with zero attached hydrogens (tertiary/aromatic N) is 2. The first-order chi connectivity index (χ1) is 6.79. The van der Waals surface area contributed by atoms with Crippen LogP contribution in [0.15, 0.2) is 12.4 Å². The molecule has 0 spiro atoms. The maximum absolute atomic E-state index is 5.85. The third-order valence-electron chi connectivity index (χ3n) is 3.00. The van der Waals surface area contributed by atoms with Gasteiger partial charge in [-0.05, 0) is 32.7 Å². The predicted octanol–water partition coefficient (Wildman–Crippen LogP) is 2.24. The molecule has 1 saturated carbocycles. The number of halogens is 1. The second-order valence-corrected chi connectivity index (χ2v) is 4.38. The van der Waals surface area contributed by atoms with Crippen molar-refractivity contribution >= 4 is 11.6 Å². The number of nitrogens with one attached hydrogen (secondary N) is 1. The van der Waals surface area contributed by atoms with E-state index in [1.54, 1.807) is 6.20 Å². The Kier molecular flexibility index (Phi) is 3.08. The van der Waals surface area contributed by atoms with Crippen molar-refractivity contribution in [1.82, 2.24) is 15.1 Å². The Labute approximate surface area is 89.4 Å². The van der Waals surface area contributed by atoms with Crippen molar-refractivity contribution in [3.63, 3.8) is 0 Å². The van der Waals surface area contributed by atoms with Gasteiger partial charge in [0.25, 0.3) is 0 Å². The van der Waals surface area contributed by atoms with Gasteiger partial charge in [-0.2, -0.15) is 5.10 Å². The van der Waals surface area contributed by atoms with Crippen LogP contribution >= 0.6 is 11.6 Å². The molecule has 4 heteroatoms. The summed E-state index contributed by atoms with van der Waals surface area (Å²) in [5, 5.41) is 8.33. The van der Waals surface area contributed by atoms with Crippen LogP contribution in [0, 0.1) is 0 Å². The SMILES string of the molecule is CNC1CCCC(n2cc(Cl)cn2)C1. The van der Waals surface area contributed by atoms with Gasteiger partial charge >= 0.3 is 0 Å². The van der Waals surface area contributed by atoms with E-state index in [2.05, 4.69) is 10.4 Å². The van der Waals surface area contributed by atoms with E-state index in [-0.39, 0.29) is 0 Å². The van der Waals surface area contributed by atoms with Crippen molar-refractivity contribution in [2.24, 2.45) is 0 Å². The van der Waals surface area contributed by atoms with Crippen LogP contribution in [0.25, 0.3) is 0 Å². The molecule has 1 aliphatic rings. The Balaban J connectivity index is 2.04. The van der Waals surface area contributed by atoms with Crippen LogP contribution in [0.3, 0.4) is 0 Å². The molecule has 2 unspecified atom stereocenters. The largest absolute Gasteiger partial charge is 0.317 e. The molecule has 1 aromatic rings. The molecular weight excluding hydrogens is 198 g/mol. The lowest BCUT2D eigenvalue weighted by molar-refractivity contribution is 0.278. The first kappa shape index (κ1) is 9.99. The van der Waals surface area contributed by atoms with Crippen LogP contribution in [0.1, 0.15) is 31.7 Å². The van der Waals surface area contributed by atoms with Gasteiger partial charge < -0.3 is 5.32 Å². The molecule has 0 aromatic carbocycles. The predicted molar refractivity (Wildman–Crippen MR) is 57.6 cm³/mol. The van der Waals surface area contributed by atoms with Crippen molar-refractivity contribution in [1.29, 1.82) is 0 Å². The fraction of sp³-hybridized carbons (Fsp3) is 0.700. The minimum atomic E-state index is 0.522. The van der Waals surface area contributed by atoms with Gasteiger partial charge in [-0.15, -0.1) is 0 Å². The standard InChI is InChI=1S/C10H16ClN3/c1-12-9-3-2-4-10(5-9)14-7-8(11)6-13-14/h6-7,9-10,12H,2-5H2,1H3. The zero-order valence-electron chi connectivity index (χ0n) is 8.41. The summed E-state index contributed by atoms with van der Waals surface area (Å²) in [7, 11) is 2.03. The molecule has 1 N–H and O–H groups in total.